The summed E-state index contributed by atoms with van der Waals surface area (Å²) in [5, 5.41) is 11.9. The van der Waals surface area contributed by atoms with Gasteiger partial charge in [-0.15, -0.1) is 0 Å². The van der Waals surface area contributed by atoms with Gasteiger partial charge in [0.05, 0.1) is 11.5 Å². The molecule has 5 nitrogen and oxygen atoms in total. The summed E-state index contributed by atoms with van der Waals surface area (Å²) in [7, 11) is 0. The molecule has 1 unspecified atom stereocenters. The van der Waals surface area contributed by atoms with Crippen molar-refractivity contribution in [2.24, 2.45) is 5.92 Å². The van der Waals surface area contributed by atoms with Crippen LogP contribution in [-0.2, 0) is 9.53 Å². The number of aryl methyl sites for hydroxylation is 1. The molecule has 2 N–H and O–H groups in total. The van der Waals surface area contributed by atoms with Crippen molar-refractivity contribution in [1.82, 2.24) is 5.32 Å². The van der Waals surface area contributed by atoms with Crippen molar-refractivity contribution >= 4 is 11.9 Å². The van der Waals surface area contributed by atoms with Crippen LogP contribution in [0.15, 0.2) is 18.2 Å². The molecular formula is C17H20FNO4. The lowest BCUT2D eigenvalue weighted by Gasteiger charge is -2.50. The first kappa shape index (κ1) is 15.9. The van der Waals surface area contributed by atoms with Crippen LogP contribution in [0, 0.1) is 18.7 Å². The molecule has 6 heteroatoms. The van der Waals surface area contributed by atoms with Gasteiger partial charge in [0.15, 0.2) is 0 Å². The standard InChI is InChI=1S/C17H20FNO4/c1-10-2-3-12(18)6-14(10)15(20)19-13-4-5-23-17(9-13)7-11(8-17)16(21)22/h2-3,6,11,13H,4-5,7-9H2,1H3,(H,19,20)(H,21,22). The quantitative estimate of drug-likeness (QED) is 0.895. The van der Waals surface area contributed by atoms with Crippen LogP contribution in [-0.4, -0.2) is 35.2 Å². The van der Waals surface area contributed by atoms with E-state index in [-0.39, 0.29) is 17.9 Å². The summed E-state index contributed by atoms with van der Waals surface area (Å²) in [6, 6.07) is 4.08. The molecule has 1 aliphatic heterocycles. The maximum absolute atomic E-state index is 13.3. The van der Waals surface area contributed by atoms with E-state index in [4.69, 9.17) is 9.84 Å². The molecule has 2 fully saturated rings. The number of carboxylic acids is 1. The van der Waals surface area contributed by atoms with Gasteiger partial charge in [0.25, 0.3) is 5.91 Å². The average Bonchev–Trinajstić information content (AvgIpc) is 2.47. The van der Waals surface area contributed by atoms with Crippen molar-refractivity contribution in [2.45, 2.75) is 44.2 Å². The van der Waals surface area contributed by atoms with Gasteiger partial charge in [-0.1, -0.05) is 6.07 Å². The van der Waals surface area contributed by atoms with Crippen LogP contribution in [0.4, 0.5) is 4.39 Å². The second-order valence-electron chi connectivity index (χ2n) is 6.60. The Hall–Kier alpha value is -1.95. The maximum atomic E-state index is 13.3. The Balaban J connectivity index is 1.63. The van der Waals surface area contributed by atoms with Gasteiger partial charge in [-0.25, -0.2) is 4.39 Å². The van der Waals surface area contributed by atoms with Crippen molar-refractivity contribution in [3.63, 3.8) is 0 Å². The van der Waals surface area contributed by atoms with E-state index in [0.29, 0.717) is 37.9 Å². The molecule has 1 saturated heterocycles. The molecule has 0 radical (unpaired) electrons. The van der Waals surface area contributed by atoms with Crippen LogP contribution >= 0.6 is 0 Å². The highest BCUT2D eigenvalue weighted by atomic mass is 19.1. The molecule has 1 saturated carbocycles. The van der Waals surface area contributed by atoms with E-state index in [1.54, 1.807) is 13.0 Å². The molecule has 23 heavy (non-hydrogen) atoms. The van der Waals surface area contributed by atoms with Crippen LogP contribution in [0.1, 0.15) is 41.6 Å². The lowest BCUT2D eigenvalue weighted by Crippen LogP contribution is -2.56. The summed E-state index contributed by atoms with van der Waals surface area (Å²) in [6.07, 6.45) is 2.28. The Morgan fingerprint density at radius 2 is 2.09 bits per heavy atom. The average molecular weight is 321 g/mol. The number of rotatable bonds is 3. The molecule has 1 atom stereocenters. The van der Waals surface area contributed by atoms with Gasteiger partial charge < -0.3 is 15.2 Å². The number of hydrogen-bond acceptors (Lipinski definition) is 3. The molecule has 1 heterocycles. The van der Waals surface area contributed by atoms with Gasteiger partial charge in [-0.05, 0) is 50.3 Å². The fraction of sp³-hybridized carbons (Fsp3) is 0.529. The lowest BCUT2D eigenvalue weighted by molar-refractivity contribution is -0.181. The number of halogens is 1. The van der Waals surface area contributed by atoms with Gasteiger partial charge in [0.2, 0.25) is 0 Å². The fourth-order valence-electron chi connectivity index (χ4n) is 3.55. The van der Waals surface area contributed by atoms with E-state index in [2.05, 4.69) is 5.32 Å². The highest BCUT2D eigenvalue weighted by Crippen LogP contribution is 2.46. The minimum Gasteiger partial charge on any atom is -0.481 e. The van der Waals surface area contributed by atoms with Crippen LogP contribution in [0.2, 0.25) is 0 Å². The predicted octanol–water partition coefficient (Wildman–Crippen LogP) is 2.28. The van der Waals surface area contributed by atoms with Gasteiger partial charge in [-0.2, -0.15) is 0 Å². The summed E-state index contributed by atoms with van der Waals surface area (Å²) in [5.41, 5.74) is 0.638. The maximum Gasteiger partial charge on any atom is 0.306 e. The Kier molecular flexibility index (Phi) is 4.10. The number of amides is 1. The number of nitrogens with one attached hydrogen (secondary N) is 1. The third-order valence-corrected chi connectivity index (χ3v) is 4.86. The summed E-state index contributed by atoms with van der Waals surface area (Å²) >= 11 is 0. The Morgan fingerprint density at radius 3 is 2.78 bits per heavy atom. The van der Waals surface area contributed by atoms with Crippen molar-refractivity contribution in [2.75, 3.05) is 6.61 Å². The van der Waals surface area contributed by atoms with Crippen molar-refractivity contribution in [1.29, 1.82) is 0 Å². The summed E-state index contributed by atoms with van der Waals surface area (Å²) in [4.78, 5) is 23.3. The number of ether oxygens (including phenoxy) is 1. The van der Waals surface area contributed by atoms with Gasteiger partial charge in [0.1, 0.15) is 5.82 Å². The lowest BCUT2D eigenvalue weighted by atomic mass is 9.66. The molecule has 124 valence electrons. The van der Waals surface area contributed by atoms with Crippen LogP contribution in [0.3, 0.4) is 0 Å². The van der Waals surface area contributed by atoms with E-state index in [1.165, 1.54) is 12.1 Å². The smallest absolute Gasteiger partial charge is 0.306 e. The first-order valence-electron chi connectivity index (χ1n) is 7.82. The summed E-state index contributed by atoms with van der Waals surface area (Å²) in [5.74, 6) is -1.87. The Morgan fingerprint density at radius 1 is 1.35 bits per heavy atom. The second kappa shape index (κ2) is 5.92. The van der Waals surface area contributed by atoms with E-state index in [1.807, 2.05) is 0 Å². The second-order valence-corrected chi connectivity index (χ2v) is 6.60. The van der Waals surface area contributed by atoms with Crippen molar-refractivity contribution in [3.05, 3.63) is 35.1 Å². The first-order valence-corrected chi connectivity index (χ1v) is 7.82. The zero-order chi connectivity index (χ0) is 16.6. The molecule has 1 aromatic carbocycles. The minimum atomic E-state index is -0.791. The zero-order valence-electron chi connectivity index (χ0n) is 13.0. The van der Waals surface area contributed by atoms with Gasteiger partial charge >= 0.3 is 5.97 Å². The zero-order valence-corrected chi connectivity index (χ0v) is 13.0. The van der Waals surface area contributed by atoms with Crippen LogP contribution in [0.25, 0.3) is 0 Å². The molecule has 3 rings (SSSR count). The number of carbonyl (C=O) groups excluding carboxylic acids is 1. The molecule has 1 spiro atoms. The molecule has 0 aromatic heterocycles. The van der Waals surface area contributed by atoms with E-state index in [9.17, 15) is 14.0 Å². The molecule has 1 aromatic rings. The number of carbonyl (C=O) groups is 2. The number of hydrogen-bond donors (Lipinski definition) is 2. The predicted molar refractivity (Wildman–Crippen MR) is 80.7 cm³/mol. The minimum absolute atomic E-state index is 0.0753. The Labute approximate surface area is 133 Å². The normalized spacial score (nSPS) is 29.8. The van der Waals surface area contributed by atoms with Crippen LogP contribution < -0.4 is 5.32 Å². The largest absolute Gasteiger partial charge is 0.481 e. The highest BCUT2D eigenvalue weighted by Gasteiger charge is 2.51. The first-order chi connectivity index (χ1) is 10.9. The topological polar surface area (TPSA) is 75.6 Å². The number of carboxylic acid groups (broad SMARTS) is 1. The molecule has 1 aliphatic carbocycles. The summed E-state index contributed by atoms with van der Waals surface area (Å²) < 4.78 is 19.1. The van der Waals surface area contributed by atoms with E-state index in [0.717, 1.165) is 5.56 Å². The van der Waals surface area contributed by atoms with E-state index >= 15 is 0 Å². The number of benzene rings is 1. The molecule has 2 aliphatic rings. The highest BCUT2D eigenvalue weighted by molar-refractivity contribution is 5.95. The number of aliphatic carboxylic acids is 1. The van der Waals surface area contributed by atoms with Crippen molar-refractivity contribution < 1.29 is 23.8 Å². The van der Waals surface area contributed by atoms with E-state index < -0.39 is 17.4 Å². The van der Waals surface area contributed by atoms with Crippen molar-refractivity contribution in [3.8, 4) is 0 Å². The fourth-order valence-corrected chi connectivity index (χ4v) is 3.55. The summed E-state index contributed by atoms with van der Waals surface area (Å²) in [6.45, 7) is 2.27. The third-order valence-electron chi connectivity index (χ3n) is 4.86. The molecular weight excluding hydrogens is 301 g/mol. The Bertz CT molecular complexity index is 639. The van der Waals surface area contributed by atoms with Gasteiger partial charge in [0, 0.05) is 18.2 Å². The SMILES string of the molecule is Cc1ccc(F)cc1C(=O)NC1CCOC2(C1)CC(C(=O)O)C2. The molecule has 1 amide bonds. The molecule has 0 bridgehead atoms. The van der Waals surface area contributed by atoms with Crippen LogP contribution in [0.5, 0.6) is 0 Å². The third kappa shape index (κ3) is 3.22. The monoisotopic (exact) mass is 321 g/mol. The van der Waals surface area contributed by atoms with Gasteiger partial charge in [-0.3, -0.25) is 9.59 Å².